The van der Waals surface area contributed by atoms with E-state index >= 15 is 0 Å². The van der Waals surface area contributed by atoms with E-state index < -0.39 is 31.3 Å². The number of esters is 2. The molecule has 13 heteroatoms. The Morgan fingerprint density at radius 3 is 2.48 bits per heavy atom. The molecule has 0 spiro atoms. The molecule has 1 aliphatic carbocycles. The van der Waals surface area contributed by atoms with E-state index in [2.05, 4.69) is 9.72 Å². The van der Waals surface area contributed by atoms with Gasteiger partial charge in [0.15, 0.2) is 30.5 Å². The van der Waals surface area contributed by atoms with Crippen LogP contribution in [0, 0.1) is 11.1 Å². The number of benzene rings is 2. The molecule has 1 aliphatic rings. The molecule has 2 heterocycles. The van der Waals surface area contributed by atoms with Crippen molar-refractivity contribution in [2.45, 2.75) is 32.0 Å². The van der Waals surface area contributed by atoms with E-state index in [-0.39, 0.29) is 33.7 Å². The van der Waals surface area contributed by atoms with E-state index in [0.29, 0.717) is 28.4 Å². The highest BCUT2D eigenvalue weighted by Gasteiger charge is 2.27. The fourth-order valence-corrected chi connectivity index (χ4v) is 4.84. The normalized spacial score (nSPS) is 13.6. The number of alkyl halides is 2. The second-order valence-corrected chi connectivity index (χ2v) is 10.5. The molecule has 4 aromatic rings. The molecule has 0 bridgehead atoms. The second-order valence-electron chi connectivity index (χ2n) is 9.66. The molecule has 1 fully saturated rings. The monoisotopic (exact) mass is 620 g/mol. The lowest BCUT2D eigenvalue weighted by Gasteiger charge is -2.21. The van der Waals surface area contributed by atoms with Crippen LogP contribution in [0.1, 0.15) is 40.6 Å². The summed E-state index contributed by atoms with van der Waals surface area (Å²) >= 11 is 12.5. The molecule has 2 aromatic carbocycles. The third kappa shape index (κ3) is 7.40. The first-order valence-electron chi connectivity index (χ1n) is 12.9. The van der Waals surface area contributed by atoms with Gasteiger partial charge >= 0.3 is 18.6 Å². The van der Waals surface area contributed by atoms with Crippen molar-refractivity contribution in [1.82, 2.24) is 4.98 Å². The maximum Gasteiger partial charge on any atom is 0.387 e. The van der Waals surface area contributed by atoms with Gasteiger partial charge in [-0.3, -0.25) is 0 Å². The molecule has 1 unspecified atom stereocenters. The van der Waals surface area contributed by atoms with Crippen molar-refractivity contribution in [3.63, 3.8) is 0 Å². The van der Waals surface area contributed by atoms with Gasteiger partial charge < -0.3 is 29.1 Å². The van der Waals surface area contributed by atoms with Gasteiger partial charge in [-0.05, 0) is 48.6 Å². The zero-order chi connectivity index (χ0) is 29.8. The number of H-pyrrole nitrogens is 1. The second kappa shape index (κ2) is 12.8. The molecule has 1 saturated carbocycles. The number of nitrogens with zero attached hydrogens (tertiary/aromatic N) is 1. The third-order valence-corrected chi connectivity index (χ3v) is 7.17. The summed E-state index contributed by atoms with van der Waals surface area (Å²) in [6.45, 7) is -3.50. The van der Waals surface area contributed by atoms with Crippen molar-refractivity contribution < 1.29 is 42.0 Å². The van der Waals surface area contributed by atoms with Crippen LogP contribution in [0.15, 0.2) is 60.9 Å². The zero-order valence-corrected chi connectivity index (χ0v) is 23.4. The summed E-state index contributed by atoms with van der Waals surface area (Å²) < 4.78 is 47.7. The molecule has 1 N–H and O–H groups in total. The van der Waals surface area contributed by atoms with Gasteiger partial charge in [-0.1, -0.05) is 47.5 Å². The van der Waals surface area contributed by atoms with Gasteiger partial charge in [-0.2, -0.15) is 13.5 Å². The Morgan fingerprint density at radius 1 is 1.05 bits per heavy atom. The Labute approximate surface area is 248 Å². The van der Waals surface area contributed by atoms with Crippen molar-refractivity contribution in [2.75, 3.05) is 13.2 Å². The molecule has 1 atom stereocenters. The number of pyridine rings is 1. The van der Waals surface area contributed by atoms with Gasteiger partial charge in [-0.25, -0.2) is 9.59 Å². The Bertz CT molecular complexity index is 1550. The number of rotatable bonds is 12. The number of hydrogen-bond donors (Lipinski definition) is 1. The number of carbonyl (C=O) groups is 2. The van der Waals surface area contributed by atoms with Gasteiger partial charge in [0.2, 0.25) is 0 Å². The van der Waals surface area contributed by atoms with E-state index in [1.54, 1.807) is 12.1 Å². The highest BCUT2D eigenvalue weighted by atomic mass is 35.5. The standard InChI is InChI=1S/C29H24Cl2F2N2O7/c30-20-12-35(38)13-21(31)19(20)11-25(18-7-8-24(42-29(32)33)26(10-18)39-14-16-5-6-16)41-27(36)15-40-28(37)23-9-17-3-1-2-4-22(17)34-23/h1-4,7-10,12-13,16,25,29,34H,5-6,11,14-15H2. The van der Waals surface area contributed by atoms with Crippen LogP contribution in [0.25, 0.3) is 10.9 Å². The minimum absolute atomic E-state index is 0.0200. The summed E-state index contributed by atoms with van der Waals surface area (Å²) in [7, 11) is 0. The summed E-state index contributed by atoms with van der Waals surface area (Å²) in [5.41, 5.74) is 1.51. The molecule has 0 radical (unpaired) electrons. The Hall–Kier alpha value is -4.09. The third-order valence-electron chi connectivity index (χ3n) is 6.52. The minimum Gasteiger partial charge on any atom is -0.619 e. The van der Waals surface area contributed by atoms with Crippen LogP contribution in [0.2, 0.25) is 10.0 Å². The smallest absolute Gasteiger partial charge is 0.387 e. The maximum absolute atomic E-state index is 13.0. The molecule has 0 amide bonds. The van der Waals surface area contributed by atoms with Crippen molar-refractivity contribution in [3.05, 3.63) is 93.0 Å². The topological polar surface area (TPSA) is 114 Å². The SMILES string of the molecule is O=C(COC(=O)c1cc2ccccc2[nH]1)OC(Cc1c(Cl)c[n+]([O-])cc1Cl)c1ccc(OC(F)F)c(OCC2CC2)c1. The van der Waals surface area contributed by atoms with Gasteiger partial charge in [0.05, 0.1) is 6.61 Å². The minimum atomic E-state index is -3.08. The molecule has 0 aliphatic heterocycles. The van der Waals surface area contributed by atoms with Crippen molar-refractivity contribution >= 4 is 46.0 Å². The number of hydrogen-bond acceptors (Lipinski definition) is 7. The first kappa shape index (κ1) is 29.4. The van der Waals surface area contributed by atoms with E-state index in [1.165, 1.54) is 18.2 Å². The predicted molar refractivity (Wildman–Crippen MR) is 148 cm³/mol. The van der Waals surface area contributed by atoms with Crippen molar-refractivity contribution in [3.8, 4) is 11.5 Å². The quantitative estimate of drug-likeness (QED) is 0.114. The number of halogens is 4. The number of para-hydroxylation sites is 1. The van der Waals surface area contributed by atoms with E-state index in [9.17, 15) is 23.6 Å². The summed E-state index contributed by atoms with van der Waals surface area (Å²) in [5, 5.41) is 12.6. The lowest BCUT2D eigenvalue weighted by atomic mass is 10.0. The summed E-state index contributed by atoms with van der Waals surface area (Å²) in [4.78, 5) is 28.4. The maximum atomic E-state index is 13.0. The van der Waals surface area contributed by atoms with Gasteiger partial charge in [0.1, 0.15) is 21.8 Å². The van der Waals surface area contributed by atoms with Crippen LogP contribution in [0.4, 0.5) is 8.78 Å². The van der Waals surface area contributed by atoms with E-state index in [1.807, 2.05) is 18.2 Å². The lowest BCUT2D eigenvalue weighted by molar-refractivity contribution is -0.605. The van der Waals surface area contributed by atoms with Crippen molar-refractivity contribution in [1.29, 1.82) is 0 Å². The first-order valence-corrected chi connectivity index (χ1v) is 13.6. The highest BCUT2D eigenvalue weighted by Crippen LogP contribution is 2.37. The molecule has 0 saturated heterocycles. The lowest BCUT2D eigenvalue weighted by Crippen LogP contribution is -2.26. The Kier molecular flexibility index (Phi) is 8.98. The van der Waals surface area contributed by atoms with E-state index in [4.69, 9.17) is 37.4 Å². The average molecular weight is 621 g/mol. The average Bonchev–Trinajstić information content (AvgIpc) is 3.67. The summed E-state index contributed by atoms with van der Waals surface area (Å²) in [6, 6.07) is 13.0. The van der Waals surface area contributed by atoms with Crippen LogP contribution in [0.3, 0.4) is 0 Å². The fraction of sp³-hybridized carbons (Fsp3) is 0.276. The molecular formula is C29H24Cl2F2N2O7. The predicted octanol–water partition coefficient (Wildman–Crippen LogP) is 6.18. The van der Waals surface area contributed by atoms with Crippen molar-refractivity contribution in [2.24, 2.45) is 5.92 Å². The van der Waals surface area contributed by atoms with Gasteiger partial charge in [-0.15, -0.1) is 0 Å². The number of nitrogens with one attached hydrogen (secondary N) is 1. The Balaban J connectivity index is 1.36. The summed E-state index contributed by atoms with van der Waals surface area (Å²) in [5.74, 6) is -1.50. The molecule has 9 nitrogen and oxygen atoms in total. The summed E-state index contributed by atoms with van der Waals surface area (Å²) in [6.07, 6.45) is 2.92. The molecule has 5 rings (SSSR count). The van der Waals surface area contributed by atoms with Crippen LogP contribution >= 0.6 is 23.2 Å². The number of aromatic nitrogens is 2. The largest absolute Gasteiger partial charge is 0.619 e. The highest BCUT2D eigenvalue weighted by molar-refractivity contribution is 6.35. The fourth-order valence-electron chi connectivity index (χ4n) is 4.24. The first-order chi connectivity index (χ1) is 20.2. The van der Waals surface area contributed by atoms with Crippen LogP contribution in [-0.2, 0) is 20.7 Å². The number of carbonyl (C=O) groups excluding carboxylic acids is 2. The number of ether oxygens (including phenoxy) is 4. The van der Waals surface area contributed by atoms with E-state index in [0.717, 1.165) is 36.1 Å². The number of fused-ring (bicyclic) bond motifs is 1. The molecular weight excluding hydrogens is 597 g/mol. The molecule has 42 heavy (non-hydrogen) atoms. The molecule has 220 valence electrons. The van der Waals surface area contributed by atoms with Gasteiger partial charge in [0, 0.05) is 22.9 Å². The van der Waals surface area contributed by atoms with Gasteiger partial charge in [0.25, 0.3) is 0 Å². The Morgan fingerprint density at radius 2 is 1.79 bits per heavy atom. The zero-order valence-electron chi connectivity index (χ0n) is 21.9. The van der Waals surface area contributed by atoms with Crippen LogP contribution in [0.5, 0.6) is 11.5 Å². The van der Waals surface area contributed by atoms with Crippen LogP contribution in [-0.4, -0.2) is 36.7 Å². The molecule has 2 aromatic heterocycles. The van der Waals surface area contributed by atoms with Crippen LogP contribution < -0.4 is 14.2 Å². The number of aromatic amines is 1.